The Morgan fingerprint density at radius 3 is 2.35 bits per heavy atom. The standard InChI is InChI=1S/C14H10Cl2FNO2/c15-8-4-1-2-7-11(8)18-13(14(19)20)12-9(16)5-3-6-10(12)17/h1-7,13,18H,(H,19,20). The van der Waals surface area contributed by atoms with Crippen LogP contribution in [0.15, 0.2) is 42.5 Å². The van der Waals surface area contributed by atoms with Crippen molar-refractivity contribution in [2.24, 2.45) is 0 Å². The van der Waals surface area contributed by atoms with Gasteiger partial charge in [-0.05, 0) is 24.3 Å². The van der Waals surface area contributed by atoms with E-state index in [2.05, 4.69) is 5.32 Å². The van der Waals surface area contributed by atoms with Gasteiger partial charge in [0.05, 0.1) is 10.7 Å². The molecule has 1 atom stereocenters. The number of anilines is 1. The number of rotatable bonds is 4. The van der Waals surface area contributed by atoms with Crippen LogP contribution in [-0.2, 0) is 4.79 Å². The summed E-state index contributed by atoms with van der Waals surface area (Å²) in [6.07, 6.45) is 0. The number of aliphatic carboxylic acids is 1. The van der Waals surface area contributed by atoms with Crippen molar-refractivity contribution in [3.05, 3.63) is 63.9 Å². The molecule has 2 aromatic rings. The molecule has 0 heterocycles. The van der Waals surface area contributed by atoms with Gasteiger partial charge in [0.15, 0.2) is 6.04 Å². The lowest BCUT2D eigenvalue weighted by Crippen LogP contribution is -2.22. The maximum absolute atomic E-state index is 13.8. The van der Waals surface area contributed by atoms with E-state index in [9.17, 15) is 14.3 Å². The largest absolute Gasteiger partial charge is 0.479 e. The molecule has 0 bridgehead atoms. The summed E-state index contributed by atoms with van der Waals surface area (Å²) < 4.78 is 13.8. The van der Waals surface area contributed by atoms with E-state index in [0.29, 0.717) is 10.7 Å². The molecule has 0 spiro atoms. The Morgan fingerprint density at radius 2 is 1.75 bits per heavy atom. The van der Waals surface area contributed by atoms with Crippen molar-refractivity contribution in [2.75, 3.05) is 5.32 Å². The predicted molar refractivity (Wildman–Crippen MR) is 76.9 cm³/mol. The Morgan fingerprint density at radius 1 is 1.10 bits per heavy atom. The number of carbonyl (C=O) groups is 1. The molecule has 0 fully saturated rings. The van der Waals surface area contributed by atoms with Gasteiger partial charge in [0.1, 0.15) is 5.82 Å². The fourth-order valence-electron chi connectivity index (χ4n) is 1.78. The zero-order valence-corrected chi connectivity index (χ0v) is 11.6. The molecule has 0 saturated heterocycles. The average molecular weight is 314 g/mol. The van der Waals surface area contributed by atoms with E-state index in [1.807, 2.05) is 0 Å². The summed E-state index contributed by atoms with van der Waals surface area (Å²) in [4.78, 5) is 11.4. The minimum absolute atomic E-state index is 0.0388. The summed E-state index contributed by atoms with van der Waals surface area (Å²) in [7, 11) is 0. The van der Waals surface area contributed by atoms with Crippen LogP contribution in [0.3, 0.4) is 0 Å². The summed E-state index contributed by atoms with van der Waals surface area (Å²) in [5.74, 6) is -1.94. The Labute approximate surface area is 124 Å². The first-order valence-corrected chi connectivity index (χ1v) is 6.44. The lowest BCUT2D eigenvalue weighted by Gasteiger charge is -2.18. The number of nitrogens with one attached hydrogen (secondary N) is 1. The van der Waals surface area contributed by atoms with Crippen molar-refractivity contribution in [2.45, 2.75) is 6.04 Å². The Balaban J connectivity index is 2.43. The predicted octanol–water partition coefficient (Wildman–Crippen LogP) is 4.37. The molecule has 0 radical (unpaired) electrons. The van der Waals surface area contributed by atoms with Gasteiger partial charge in [-0.2, -0.15) is 0 Å². The van der Waals surface area contributed by atoms with Gasteiger partial charge in [0.2, 0.25) is 0 Å². The second kappa shape index (κ2) is 6.11. The molecule has 1 unspecified atom stereocenters. The molecule has 0 aliphatic heterocycles. The maximum atomic E-state index is 13.8. The van der Waals surface area contributed by atoms with Crippen LogP contribution in [0.25, 0.3) is 0 Å². The van der Waals surface area contributed by atoms with Crippen molar-refractivity contribution in [1.29, 1.82) is 0 Å². The molecule has 2 aromatic carbocycles. The first-order chi connectivity index (χ1) is 9.50. The highest BCUT2D eigenvalue weighted by atomic mass is 35.5. The molecule has 2 rings (SSSR count). The van der Waals surface area contributed by atoms with Gasteiger partial charge >= 0.3 is 5.97 Å². The topological polar surface area (TPSA) is 49.3 Å². The van der Waals surface area contributed by atoms with Crippen molar-refractivity contribution in [3.63, 3.8) is 0 Å². The molecule has 3 nitrogen and oxygen atoms in total. The summed E-state index contributed by atoms with van der Waals surface area (Å²) in [5, 5.41) is 12.4. The van der Waals surface area contributed by atoms with E-state index in [1.54, 1.807) is 24.3 Å². The summed E-state index contributed by atoms with van der Waals surface area (Å²) in [6, 6.07) is 9.28. The monoisotopic (exact) mass is 313 g/mol. The number of halogens is 3. The third kappa shape index (κ3) is 3.03. The van der Waals surface area contributed by atoms with Crippen LogP contribution in [0, 0.1) is 5.82 Å². The van der Waals surface area contributed by atoms with Gasteiger partial charge in [-0.1, -0.05) is 41.4 Å². The van der Waals surface area contributed by atoms with Crippen molar-refractivity contribution >= 4 is 34.9 Å². The third-order valence-corrected chi connectivity index (χ3v) is 3.37. The lowest BCUT2D eigenvalue weighted by atomic mass is 10.1. The van der Waals surface area contributed by atoms with Crippen molar-refractivity contribution < 1.29 is 14.3 Å². The molecule has 20 heavy (non-hydrogen) atoms. The zero-order valence-electron chi connectivity index (χ0n) is 10.1. The van der Waals surface area contributed by atoms with Crippen molar-refractivity contribution in [3.8, 4) is 0 Å². The Bertz CT molecular complexity index is 629. The lowest BCUT2D eigenvalue weighted by molar-refractivity contribution is -0.138. The van der Waals surface area contributed by atoms with Gasteiger partial charge in [0, 0.05) is 10.6 Å². The van der Waals surface area contributed by atoms with Gasteiger partial charge in [-0.25, -0.2) is 9.18 Å². The molecule has 2 N–H and O–H groups in total. The van der Waals surface area contributed by atoms with Crippen LogP contribution in [0.4, 0.5) is 10.1 Å². The smallest absolute Gasteiger partial charge is 0.330 e. The molecule has 6 heteroatoms. The molecule has 104 valence electrons. The number of hydrogen-bond acceptors (Lipinski definition) is 2. The zero-order chi connectivity index (χ0) is 14.7. The normalized spacial score (nSPS) is 11.9. The number of hydrogen-bond donors (Lipinski definition) is 2. The van der Waals surface area contributed by atoms with Crippen molar-refractivity contribution in [1.82, 2.24) is 0 Å². The van der Waals surface area contributed by atoms with Crippen LogP contribution in [0.2, 0.25) is 10.0 Å². The van der Waals surface area contributed by atoms with E-state index in [0.717, 1.165) is 6.07 Å². The fourth-order valence-corrected chi connectivity index (χ4v) is 2.24. The number of carboxylic acid groups (broad SMARTS) is 1. The molecule has 0 amide bonds. The van der Waals surface area contributed by atoms with E-state index >= 15 is 0 Å². The SMILES string of the molecule is O=C(O)C(Nc1ccccc1Cl)c1c(F)cccc1Cl. The first-order valence-electron chi connectivity index (χ1n) is 5.68. The summed E-state index contributed by atoms with van der Waals surface area (Å²) >= 11 is 11.9. The first kappa shape index (κ1) is 14.6. The van der Waals surface area contributed by atoms with Crippen LogP contribution in [-0.4, -0.2) is 11.1 Å². The molecule has 0 aromatic heterocycles. The summed E-state index contributed by atoms with van der Waals surface area (Å²) in [5.41, 5.74) is 0.266. The van der Waals surface area contributed by atoms with E-state index in [-0.39, 0.29) is 10.6 Å². The van der Waals surface area contributed by atoms with E-state index in [1.165, 1.54) is 12.1 Å². The maximum Gasteiger partial charge on any atom is 0.330 e. The number of benzene rings is 2. The number of carboxylic acids is 1. The summed E-state index contributed by atoms with van der Waals surface area (Å²) in [6.45, 7) is 0. The minimum atomic E-state index is -1.33. The van der Waals surface area contributed by atoms with Gasteiger partial charge < -0.3 is 10.4 Å². The van der Waals surface area contributed by atoms with Crippen LogP contribution < -0.4 is 5.32 Å². The van der Waals surface area contributed by atoms with Crippen LogP contribution in [0.1, 0.15) is 11.6 Å². The number of para-hydroxylation sites is 1. The van der Waals surface area contributed by atoms with Crippen LogP contribution >= 0.6 is 23.2 Å². The van der Waals surface area contributed by atoms with Gasteiger partial charge in [-0.15, -0.1) is 0 Å². The second-order valence-electron chi connectivity index (χ2n) is 4.03. The molecular formula is C14H10Cl2FNO2. The van der Waals surface area contributed by atoms with E-state index in [4.69, 9.17) is 23.2 Å². The Kier molecular flexibility index (Phi) is 4.47. The average Bonchev–Trinajstić information content (AvgIpc) is 2.39. The highest BCUT2D eigenvalue weighted by Crippen LogP contribution is 2.31. The minimum Gasteiger partial charge on any atom is -0.479 e. The van der Waals surface area contributed by atoms with Gasteiger partial charge in [-0.3, -0.25) is 0 Å². The molecule has 0 aliphatic carbocycles. The highest BCUT2D eigenvalue weighted by Gasteiger charge is 2.26. The fraction of sp³-hybridized carbons (Fsp3) is 0.0714. The van der Waals surface area contributed by atoms with Gasteiger partial charge in [0.25, 0.3) is 0 Å². The Hall–Kier alpha value is -1.78. The molecular weight excluding hydrogens is 304 g/mol. The quantitative estimate of drug-likeness (QED) is 0.881. The third-order valence-electron chi connectivity index (χ3n) is 2.71. The highest BCUT2D eigenvalue weighted by molar-refractivity contribution is 6.33. The molecule has 0 saturated carbocycles. The second-order valence-corrected chi connectivity index (χ2v) is 4.85. The van der Waals surface area contributed by atoms with Crippen LogP contribution in [0.5, 0.6) is 0 Å². The van der Waals surface area contributed by atoms with E-state index < -0.39 is 17.8 Å². The molecule has 0 aliphatic rings.